The van der Waals surface area contributed by atoms with E-state index in [1.54, 1.807) is 6.07 Å². The molecule has 0 saturated heterocycles. The highest BCUT2D eigenvalue weighted by Crippen LogP contribution is 2.12. The first kappa shape index (κ1) is 12.9. The van der Waals surface area contributed by atoms with Crippen molar-refractivity contribution >= 4 is 6.08 Å². The average Bonchev–Trinajstić information content (AvgIpc) is 2.28. The molecule has 0 amide bonds. The summed E-state index contributed by atoms with van der Waals surface area (Å²) in [7, 11) is 0. The Morgan fingerprint density at radius 1 is 1.31 bits per heavy atom. The van der Waals surface area contributed by atoms with Gasteiger partial charge in [-0.05, 0) is 56.1 Å². The van der Waals surface area contributed by atoms with Crippen LogP contribution in [0.1, 0.15) is 30.9 Å². The van der Waals surface area contributed by atoms with E-state index in [9.17, 15) is 4.39 Å². The molecule has 0 aliphatic carbocycles. The van der Waals surface area contributed by atoms with Crippen LogP contribution in [0.2, 0.25) is 0 Å². The molecule has 0 aliphatic heterocycles. The molecule has 0 atom stereocenters. The van der Waals surface area contributed by atoms with Gasteiger partial charge in [-0.2, -0.15) is 0 Å². The van der Waals surface area contributed by atoms with Gasteiger partial charge in [-0.3, -0.25) is 0 Å². The lowest BCUT2D eigenvalue weighted by molar-refractivity contribution is 0.627. The van der Waals surface area contributed by atoms with Crippen LogP contribution in [0.4, 0.5) is 4.39 Å². The van der Waals surface area contributed by atoms with Gasteiger partial charge in [0.2, 0.25) is 0 Å². The molecule has 1 N–H and O–H groups in total. The Hall–Kier alpha value is -1.15. The summed E-state index contributed by atoms with van der Waals surface area (Å²) in [5.74, 6) is -0.172. The molecule has 0 fully saturated rings. The Bertz CT molecular complexity index is 345. The Morgan fingerprint density at radius 3 is 2.88 bits per heavy atom. The molecule has 0 saturated carbocycles. The summed E-state index contributed by atoms with van der Waals surface area (Å²) >= 11 is 0. The maximum Gasteiger partial charge on any atom is 0.123 e. The standard InChI is InChI=1S/C14H20FN/c1-3-9-16-10-5-4-6-13-11-14(15)8-7-12(13)2/h4,6-8,11,16H,3,5,9-10H2,1-2H3. The Morgan fingerprint density at radius 2 is 2.12 bits per heavy atom. The van der Waals surface area contributed by atoms with Crippen LogP contribution < -0.4 is 5.32 Å². The van der Waals surface area contributed by atoms with Crippen LogP contribution in [0.5, 0.6) is 0 Å². The first-order valence-corrected chi connectivity index (χ1v) is 5.87. The third-order valence-corrected chi connectivity index (χ3v) is 2.45. The molecule has 0 bridgehead atoms. The monoisotopic (exact) mass is 221 g/mol. The van der Waals surface area contributed by atoms with Crippen molar-refractivity contribution in [1.29, 1.82) is 0 Å². The molecule has 2 heteroatoms. The molecule has 1 rings (SSSR count). The van der Waals surface area contributed by atoms with E-state index < -0.39 is 0 Å². The topological polar surface area (TPSA) is 12.0 Å². The quantitative estimate of drug-likeness (QED) is 0.724. The third kappa shape index (κ3) is 4.58. The van der Waals surface area contributed by atoms with Gasteiger partial charge >= 0.3 is 0 Å². The third-order valence-electron chi connectivity index (χ3n) is 2.45. The second-order valence-electron chi connectivity index (χ2n) is 3.94. The van der Waals surface area contributed by atoms with Crippen LogP contribution in [-0.4, -0.2) is 13.1 Å². The van der Waals surface area contributed by atoms with E-state index in [1.807, 2.05) is 19.1 Å². The summed E-state index contributed by atoms with van der Waals surface area (Å²) in [6.07, 6.45) is 6.22. The Kier molecular flexibility index (Phi) is 5.79. The van der Waals surface area contributed by atoms with Crippen LogP contribution in [0.25, 0.3) is 6.08 Å². The van der Waals surface area contributed by atoms with Crippen molar-refractivity contribution in [2.24, 2.45) is 0 Å². The van der Waals surface area contributed by atoms with E-state index in [2.05, 4.69) is 18.3 Å². The van der Waals surface area contributed by atoms with Crippen LogP contribution in [0.3, 0.4) is 0 Å². The minimum absolute atomic E-state index is 0.172. The molecule has 0 heterocycles. The molecule has 0 aliphatic rings. The molecule has 1 aromatic rings. The summed E-state index contributed by atoms with van der Waals surface area (Å²) in [5, 5.41) is 3.32. The minimum Gasteiger partial charge on any atom is -0.316 e. The molecular formula is C14H20FN. The van der Waals surface area contributed by atoms with Gasteiger partial charge < -0.3 is 5.32 Å². The normalized spacial score (nSPS) is 11.2. The first-order valence-electron chi connectivity index (χ1n) is 5.87. The molecule has 0 spiro atoms. The number of halogens is 1. The van der Waals surface area contributed by atoms with Crippen molar-refractivity contribution < 1.29 is 4.39 Å². The molecule has 88 valence electrons. The highest BCUT2D eigenvalue weighted by molar-refractivity contribution is 5.53. The lowest BCUT2D eigenvalue weighted by Gasteiger charge is -2.01. The van der Waals surface area contributed by atoms with Gasteiger partial charge in [0.25, 0.3) is 0 Å². The van der Waals surface area contributed by atoms with E-state index in [0.29, 0.717) is 0 Å². The molecule has 0 radical (unpaired) electrons. The van der Waals surface area contributed by atoms with E-state index in [4.69, 9.17) is 0 Å². The fourth-order valence-electron chi connectivity index (χ4n) is 1.49. The van der Waals surface area contributed by atoms with E-state index in [0.717, 1.165) is 37.1 Å². The van der Waals surface area contributed by atoms with Gasteiger partial charge in [-0.25, -0.2) is 4.39 Å². The van der Waals surface area contributed by atoms with Crippen molar-refractivity contribution in [3.8, 4) is 0 Å². The molecule has 1 aromatic carbocycles. The number of nitrogens with one attached hydrogen (secondary N) is 1. The summed E-state index contributed by atoms with van der Waals surface area (Å²) in [4.78, 5) is 0. The number of benzene rings is 1. The van der Waals surface area contributed by atoms with E-state index >= 15 is 0 Å². The zero-order valence-corrected chi connectivity index (χ0v) is 10.1. The van der Waals surface area contributed by atoms with Crippen molar-refractivity contribution in [2.75, 3.05) is 13.1 Å². The molecule has 0 aromatic heterocycles. The van der Waals surface area contributed by atoms with Gasteiger partial charge in [0.15, 0.2) is 0 Å². The summed E-state index contributed by atoms with van der Waals surface area (Å²) < 4.78 is 13.0. The molecular weight excluding hydrogens is 201 g/mol. The highest BCUT2D eigenvalue weighted by Gasteiger charge is 1.95. The van der Waals surface area contributed by atoms with Gasteiger partial charge in [0, 0.05) is 0 Å². The highest BCUT2D eigenvalue weighted by atomic mass is 19.1. The van der Waals surface area contributed by atoms with Crippen molar-refractivity contribution in [3.63, 3.8) is 0 Å². The largest absolute Gasteiger partial charge is 0.316 e. The van der Waals surface area contributed by atoms with Crippen molar-refractivity contribution in [1.82, 2.24) is 5.32 Å². The van der Waals surface area contributed by atoms with Crippen LogP contribution in [0.15, 0.2) is 24.3 Å². The lowest BCUT2D eigenvalue weighted by atomic mass is 10.1. The van der Waals surface area contributed by atoms with Gasteiger partial charge in [0.05, 0.1) is 0 Å². The zero-order chi connectivity index (χ0) is 11.8. The molecule has 1 nitrogen and oxygen atoms in total. The van der Waals surface area contributed by atoms with Crippen LogP contribution in [0, 0.1) is 12.7 Å². The second-order valence-corrected chi connectivity index (χ2v) is 3.94. The Balaban J connectivity index is 2.40. The Labute approximate surface area is 97.4 Å². The van der Waals surface area contributed by atoms with Gasteiger partial charge in [-0.1, -0.05) is 25.1 Å². The number of rotatable bonds is 6. The van der Waals surface area contributed by atoms with Crippen molar-refractivity contribution in [3.05, 3.63) is 41.2 Å². The van der Waals surface area contributed by atoms with Gasteiger partial charge in [0.1, 0.15) is 5.82 Å². The maximum absolute atomic E-state index is 13.0. The molecule has 16 heavy (non-hydrogen) atoms. The predicted octanol–water partition coefficient (Wildman–Crippen LogP) is 3.54. The van der Waals surface area contributed by atoms with E-state index in [1.165, 1.54) is 6.07 Å². The SMILES string of the molecule is CCCNCCC=Cc1cc(F)ccc1C. The number of aryl methyl sites for hydroxylation is 1. The van der Waals surface area contributed by atoms with E-state index in [-0.39, 0.29) is 5.82 Å². The number of hydrogen-bond acceptors (Lipinski definition) is 1. The lowest BCUT2D eigenvalue weighted by Crippen LogP contribution is -2.14. The summed E-state index contributed by atoms with van der Waals surface area (Å²) in [6, 6.07) is 4.88. The predicted molar refractivity (Wildman–Crippen MR) is 67.9 cm³/mol. The second kappa shape index (κ2) is 7.18. The van der Waals surface area contributed by atoms with Gasteiger partial charge in [-0.15, -0.1) is 0 Å². The minimum atomic E-state index is -0.172. The number of hydrogen-bond donors (Lipinski definition) is 1. The maximum atomic E-state index is 13.0. The zero-order valence-electron chi connectivity index (χ0n) is 10.1. The van der Waals surface area contributed by atoms with Crippen LogP contribution >= 0.6 is 0 Å². The smallest absolute Gasteiger partial charge is 0.123 e. The average molecular weight is 221 g/mol. The fourth-order valence-corrected chi connectivity index (χ4v) is 1.49. The van der Waals surface area contributed by atoms with Crippen molar-refractivity contribution in [2.45, 2.75) is 26.7 Å². The first-order chi connectivity index (χ1) is 7.74. The molecule has 0 unspecified atom stereocenters. The van der Waals surface area contributed by atoms with Crippen LogP contribution in [-0.2, 0) is 0 Å². The summed E-state index contributed by atoms with van der Waals surface area (Å²) in [5.41, 5.74) is 2.08. The fraction of sp³-hybridized carbons (Fsp3) is 0.429. The summed E-state index contributed by atoms with van der Waals surface area (Å²) in [6.45, 7) is 6.19.